The lowest BCUT2D eigenvalue weighted by molar-refractivity contribution is 0.501. The van der Waals surface area contributed by atoms with Crippen LogP contribution in [-0.4, -0.2) is 6.54 Å². The molecule has 0 saturated heterocycles. The molecule has 1 nitrogen and oxygen atoms in total. The number of nitrogens with one attached hydrogen (secondary N) is 1. The molecule has 0 fully saturated rings. The number of hydrogen-bond acceptors (Lipinski definition) is 2. The summed E-state index contributed by atoms with van der Waals surface area (Å²) in [5.74, 6) is -0.128. The molecule has 1 heterocycles. The van der Waals surface area contributed by atoms with Gasteiger partial charge in [-0.15, -0.1) is 11.3 Å². The van der Waals surface area contributed by atoms with E-state index >= 15 is 0 Å². The van der Waals surface area contributed by atoms with Crippen LogP contribution in [0.1, 0.15) is 49.6 Å². The predicted molar refractivity (Wildman–Crippen MR) is 90.4 cm³/mol. The molecule has 0 aliphatic carbocycles. The summed E-state index contributed by atoms with van der Waals surface area (Å²) < 4.78 is 14.1. The molecule has 2 aromatic rings. The summed E-state index contributed by atoms with van der Waals surface area (Å²) in [6.45, 7) is 7.38. The zero-order chi connectivity index (χ0) is 15.2. The van der Waals surface area contributed by atoms with E-state index in [0.29, 0.717) is 6.04 Å². The maximum atomic E-state index is 14.1. The normalized spacial score (nSPS) is 12.6. The van der Waals surface area contributed by atoms with E-state index in [1.165, 1.54) is 4.88 Å². The first-order chi connectivity index (χ1) is 10.2. The van der Waals surface area contributed by atoms with Crippen molar-refractivity contribution in [3.8, 4) is 10.4 Å². The standard InChI is InChI=1S/C18H24FNS/c1-4-7-15(20-12-5-2)16-10-11-17(21-16)18-13(3)8-6-9-14(18)19/h6,8-11,15,20H,4-5,7,12H2,1-3H3. The number of benzene rings is 1. The van der Waals surface area contributed by atoms with Gasteiger partial charge in [-0.3, -0.25) is 0 Å². The highest BCUT2D eigenvalue weighted by Crippen LogP contribution is 2.35. The number of hydrogen-bond donors (Lipinski definition) is 1. The van der Waals surface area contributed by atoms with Crippen molar-refractivity contribution in [3.05, 3.63) is 46.6 Å². The highest BCUT2D eigenvalue weighted by molar-refractivity contribution is 7.15. The molecule has 0 amide bonds. The van der Waals surface area contributed by atoms with Crippen molar-refractivity contribution in [2.75, 3.05) is 6.54 Å². The summed E-state index contributed by atoms with van der Waals surface area (Å²) in [7, 11) is 0. The van der Waals surface area contributed by atoms with Crippen molar-refractivity contribution in [1.29, 1.82) is 0 Å². The summed E-state index contributed by atoms with van der Waals surface area (Å²) in [5, 5.41) is 3.60. The Hall–Kier alpha value is -1.19. The molecule has 0 aliphatic heterocycles. The third-order valence-electron chi connectivity index (χ3n) is 3.66. The summed E-state index contributed by atoms with van der Waals surface area (Å²) in [6, 6.07) is 9.87. The van der Waals surface area contributed by atoms with Crippen LogP contribution in [-0.2, 0) is 0 Å². The highest BCUT2D eigenvalue weighted by atomic mass is 32.1. The minimum atomic E-state index is -0.128. The molecule has 0 bridgehead atoms. The molecule has 1 unspecified atom stereocenters. The minimum absolute atomic E-state index is 0.128. The fraction of sp³-hybridized carbons (Fsp3) is 0.444. The Morgan fingerprint density at radius 1 is 1.14 bits per heavy atom. The molecule has 0 aliphatic rings. The molecule has 1 N–H and O–H groups in total. The van der Waals surface area contributed by atoms with Crippen LogP contribution in [0.4, 0.5) is 4.39 Å². The first kappa shape index (κ1) is 16.2. The van der Waals surface area contributed by atoms with Crippen molar-refractivity contribution < 1.29 is 4.39 Å². The van der Waals surface area contributed by atoms with Crippen LogP contribution in [0.3, 0.4) is 0 Å². The van der Waals surface area contributed by atoms with E-state index in [4.69, 9.17) is 0 Å². The molecule has 2 rings (SSSR count). The van der Waals surface area contributed by atoms with Gasteiger partial charge in [-0.1, -0.05) is 32.4 Å². The molecule has 1 atom stereocenters. The SMILES string of the molecule is CCCNC(CCC)c1ccc(-c2c(C)cccc2F)s1. The average Bonchev–Trinajstić information content (AvgIpc) is 2.92. The van der Waals surface area contributed by atoms with Gasteiger partial charge in [0.05, 0.1) is 0 Å². The Morgan fingerprint density at radius 2 is 1.95 bits per heavy atom. The lowest BCUT2D eigenvalue weighted by Crippen LogP contribution is -2.21. The lowest BCUT2D eigenvalue weighted by atomic mass is 10.1. The van der Waals surface area contributed by atoms with Crippen molar-refractivity contribution in [2.24, 2.45) is 0 Å². The Morgan fingerprint density at radius 3 is 2.62 bits per heavy atom. The molecule has 0 saturated carbocycles. The number of halogens is 1. The summed E-state index contributed by atoms with van der Waals surface area (Å²) >= 11 is 1.71. The molecular formula is C18H24FNS. The van der Waals surface area contributed by atoms with Crippen molar-refractivity contribution in [3.63, 3.8) is 0 Å². The number of thiophene rings is 1. The fourth-order valence-corrected chi connectivity index (χ4v) is 3.80. The molecule has 1 aromatic heterocycles. The Balaban J connectivity index is 2.27. The van der Waals surface area contributed by atoms with Gasteiger partial charge in [0.25, 0.3) is 0 Å². The van der Waals surface area contributed by atoms with Crippen molar-refractivity contribution in [2.45, 2.75) is 46.1 Å². The molecule has 3 heteroatoms. The summed E-state index contributed by atoms with van der Waals surface area (Å²) in [5.41, 5.74) is 1.75. The van der Waals surface area contributed by atoms with Gasteiger partial charge >= 0.3 is 0 Å². The molecule has 21 heavy (non-hydrogen) atoms. The Kier molecular flexibility index (Phi) is 5.95. The van der Waals surface area contributed by atoms with Crippen molar-refractivity contribution >= 4 is 11.3 Å². The molecular weight excluding hydrogens is 281 g/mol. The topological polar surface area (TPSA) is 12.0 Å². The van der Waals surface area contributed by atoms with Gasteiger partial charge in [-0.25, -0.2) is 4.39 Å². The van der Waals surface area contributed by atoms with Gasteiger partial charge in [0.1, 0.15) is 5.82 Å². The van der Waals surface area contributed by atoms with Crippen LogP contribution in [0, 0.1) is 12.7 Å². The average molecular weight is 305 g/mol. The van der Waals surface area contributed by atoms with Gasteiger partial charge in [-0.05, 0) is 50.1 Å². The summed E-state index contributed by atoms with van der Waals surface area (Å²) in [6.07, 6.45) is 3.40. The van der Waals surface area contributed by atoms with Crippen LogP contribution < -0.4 is 5.32 Å². The summed E-state index contributed by atoms with van der Waals surface area (Å²) in [4.78, 5) is 2.34. The van der Waals surface area contributed by atoms with Gasteiger partial charge in [-0.2, -0.15) is 0 Å². The van der Waals surface area contributed by atoms with Gasteiger partial charge in [0, 0.05) is 21.4 Å². The molecule has 0 radical (unpaired) electrons. The second kappa shape index (κ2) is 7.71. The quantitative estimate of drug-likeness (QED) is 0.691. The zero-order valence-corrected chi connectivity index (χ0v) is 13.9. The van der Waals surface area contributed by atoms with Crippen molar-refractivity contribution in [1.82, 2.24) is 5.32 Å². The second-order valence-corrected chi connectivity index (χ2v) is 6.54. The van der Waals surface area contributed by atoms with E-state index in [9.17, 15) is 4.39 Å². The lowest BCUT2D eigenvalue weighted by Gasteiger charge is -2.16. The van der Waals surface area contributed by atoms with E-state index in [1.54, 1.807) is 23.5 Å². The van der Waals surface area contributed by atoms with Gasteiger partial charge in [0.2, 0.25) is 0 Å². The Bertz CT molecular complexity index is 556. The van der Waals surface area contributed by atoms with Crippen LogP contribution >= 0.6 is 11.3 Å². The number of aryl methyl sites for hydroxylation is 1. The largest absolute Gasteiger partial charge is 0.309 e. The molecule has 0 spiro atoms. The minimum Gasteiger partial charge on any atom is -0.309 e. The fourth-order valence-electron chi connectivity index (χ4n) is 2.57. The second-order valence-electron chi connectivity index (χ2n) is 5.43. The smallest absolute Gasteiger partial charge is 0.132 e. The van der Waals surface area contributed by atoms with Gasteiger partial charge in [0.15, 0.2) is 0 Å². The number of rotatable bonds is 7. The third-order valence-corrected chi connectivity index (χ3v) is 4.87. The van der Waals surface area contributed by atoms with Crippen LogP contribution in [0.2, 0.25) is 0 Å². The first-order valence-corrected chi connectivity index (χ1v) is 8.57. The first-order valence-electron chi connectivity index (χ1n) is 7.76. The Labute approximate surface area is 131 Å². The maximum Gasteiger partial charge on any atom is 0.132 e. The molecule has 1 aromatic carbocycles. The van der Waals surface area contributed by atoms with E-state index in [0.717, 1.165) is 41.8 Å². The highest BCUT2D eigenvalue weighted by Gasteiger charge is 2.15. The predicted octanol–water partition coefficient (Wildman–Crippen LogP) is 5.70. The van der Waals surface area contributed by atoms with E-state index in [2.05, 4.69) is 31.3 Å². The third kappa shape index (κ3) is 3.92. The van der Waals surface area contributed by atoms with Crippen LogP contribution in [0.5, 0.6) is 0 Å². The van der Waals surface area contributed by atoms with E-state index in [1.807, 2.05) is 13.0 Å². The van der Waals surface area contributed by atoms with E-state index in [-0.39, 0.29) is 5.82 Å². The van der Waals surface area contributed by atoms with Crippen LogP contribution in [0.15, 0.2) is 30.3 Å². The molecule has 114 valence electrons. The van der Waals surface area contributed by atoms with Gasteiger partial charge < -0.3 is 5.32 Å². The van der Waals surface area contributed by atoms with E-state index < -0.39 is 0 Å². The maximum absolute atomic E-state index is 14.1. The zero-order valence-electron chi connectivity index (χ0n) is 13.1. The van der Waals surface area contributed by atoms with Crippen LogP contribution in [0.25, 0.3) is 10.4 Å². The monoisotopic (exact) mass is 305 g/mol.